The first-order valence-corrected chi connectivity index (χ1v) is 21.9. The summed E-state index contributed by atoms with van der Waals surface area (Å²) in [7, 11) is 1.38. The molecular formula is C48H59N11O8. The van der Waals surface area contributed by atoms with Crippen molar-refractivity contribution in [2.45, 2.75) is 77.0 Å². The number of fused-ring (bicyclic) bond motifs is 5. The van der Waals surface area contributed by atoms with E-state index < -0.39 is 53.7 Å². The van der Waals surface area contributed by atoms with Crippen molar-refractivity contribution < 1.29 is 38.2 Å². The van der Waals surface area contributed by atoms with E-state index in [0.29, 0.717) is 46.1 Å². The van der Waals surface area contributed by atoms with Crippen LogP contribution in [0.15, 0.2) is 66.9 Å². The molecule has 2 heterocycles. The molecule has 4 bridgehead atoms. The molecule has 4 atom stereocenters. The van der Waals surface area contributed by atoms with Gasteiger partial charge in [-0.25, -0.2) is 9.97 Å². The van der Waals surface area contributed by atoms with Crippen LogP contribution in [0, 0.1) is 18.3 Å². The van der Waals surface area contributed by atoms with E-state index >= 15 is 0 Å². The highest BCUT2D eigenvalue weighted by molar-refractivity contribution is 6.00. The Hall–Kier alpha value is -7.43. The third-order valence-electron chi connectivity index (χ3n) is 11.1. The largest absolute Gasteiger partial charge is 0.492 e. The molecule has 0 fully saturated rings. The SMILES string of the molecule is Cc1nc(-c2ccc(C(C)(C)C)cc2)ncc1C(=O)NC(CCNC=O)C(=O)N(C)C1C(=O)NC(C)C(=O)NC(C(=O)NCC#N)Cc2ccc(OCCN)c(c2)-c2cc1ccc2OCCN. The number of amides is 6. The first-order valence-electron chi connectivity index (χ1n) is 21.9. The zero-order chi connectivity index (χ0) is 48.8. The van der Waals surface area contributed by atoms with E-state index in [1.54, 1.807) is 43.3 Å². The Bertz CT molecular complexity index is 2490. The number of nitrogens with one attached hydrogen (secondary N) is 5. The molecule has 9 N–H and O–H groups in total. The van der Waals surface area contributed by atoms with E-state index in [2.05, 4.69) is 57.3 Å². The maximum absolute atomic E-state index is 14.8. The quantitative estimate of drug-likeness (QED) is 0.0452. The molecule has 5 rings (SSSR count). The molecule has 4 unspecified atom stereocenters. The highest BCUT2D eigenvalue weighted by atomic mass is 16.5. The Morgan fingerprint density at radius 2 is 1.63 bits per heavy atom. The topological polar surface area (TPSA) is 286 Å². The number of carbonyl (C=O) groups is 6. The van der Waals surface area contributed by atoms with Gasteiger partial charge in [-0.2, -0.15) is 5.26 Å². The van der Waals surface area contributed by atoms with Crippen LogP contribution in [0.1, 0.15) is 72.9 Å². The fourth-order valence-corrected chi connectivity index (χ4v) is 7.43. The molecule has 0 spiro atoms. The summed E-state index contributed by atoms with van der Waals surface area (Å²) in [4.78, 5) is 92.1. The Balaban J connectivity index is 1.58. The number of likely N-dealkylation sites (N-methyl/N-ethyl adjacent to an activating group) is 1. The van der Waals surface area contributed by atoms with Crippen molar-refractivity contribution in [3.05, 3.63) is 94.8 Å². The number of aromatic nitrogens is 2. The van der Waals surface area contributed by atoms with Crippen molar-refractivity contribution in [2.75, 3.05) is 46.4 Å². The van der Waals surface area contributed by atoms with E-state index in [9.17, 15) is 34.0 Å². The average molecular weight is 918 g/mol. The standard InChI is InChI=1S/C48H59N11O8/c1-28-36(26-54-42(55-28)31-8-11-33(12-9-31)48(3,4)5)44(62)57-37(15-19-52-27-60)47(65)59(6)41-32-10-14-40(67-22-18-51)35(25-32)34-23-30(7-13-39(34)66-21-17-50)24-38(45(63)53-20-16-49)58-43(61)29(2)56-46(41)64/h7-14,23,25-27,29,37-38,41H,15,17-22,24,50-51H2,1-6H3,(H,52,60)(H,53,63)(H,56,64)(H,57,62)(H,58,61). The van der Waals surface area contributed by atoms with Crippen molar-refractivity contribution in [3.8, 4) is 40.1 Å². The smallest absolute Gasteiger partial charge is 0.255 e. The number of hydrogen-bond acceptors (Lipinski definition) is 13. The molecule has 1 aromatic heterocycles. The van der Waals surface area contributed by atoms with Gasteiger partial charge in [0, 0.05) is 56.0 Å². The summed E-state index contributed by atoms with van der Waals surface area (Å²) in [5, 5.41) is 22.4. The number of aryl methyl sites for hydroxylation is 1. The summed E-state index contributed by atoms with van der Waals surface area (Å²) in [5.74, 6) is -2.41. The minimum atomic E-state index is -1.45. The number of rotatable bonds is 17. The number of carbonyl (C=O) groups excluding carboxylic acids is 6. The van der Waals surface area contributed by atoms with Crippen LogP contribution in [-0.4, -0.2) is 115 Å². The Morgan fingerprint density at radius 1 is 0.970 bits per heavy atom. The fourth-order valence-electron chi connectivity index (χ4n) is 7.43. The molecule has 0 saturated heterocycles. The van der Waals surface area contributed by atoms with Gasteiger partial charge in [-0.3, -0.25) is 28.8 Å². The van der Waals surface area contributed by atoms with Gasteiger partial charge in [-0.05, 0) is 66.6 Å². The fraction of sp³-hybridized carbons (Fsp3) is 0.396. The van der Waals surface area contributed by atoms with Gasteiger partial charge >= 0.3 is 0 Å². The highest BCUT2D eigenvalue weighted by Crippen LogP contribution is 2.40. The minimum Gasteiger partial charge on any atom is -0.492 e. The second-order valence-corrected chi connectivity index (χ2v) is 17.0. The Labute approximate surface area is 389 Å². The lowest BCUT2D eigenvalue weighted by molar-refractivity contribution is -0.141. The zero-order valence-corrected chi connectivity index (χ0v) is 38.6. The third-order valence-corrected chi connectivity index (χ3v) is 11.1. The van der Waals surface area contributed by atoms with Crippen molar-refractivity contribution in [1.82, 2.24) is 41.5 Å². The first-order chi connectivity index (χ1) is 32.0. The maximum atomic E-state index is 14.8. The highest BCUT2D eigenvalue weighted by Gasteiger charge is 2.36. The molecular weight excluding hydrogens is 859 g/mol. The molecule has 4 aromatic rings. The predicted molar refractivity (Wildman–Crippen MR) is 249 cm³/mol. The first kappa shape index (κ1) is 50.6. The van der Waals surface area contributed by atoms with Gasteiger partial charge in [-0.1, -0.05) is 57.2 Å². The van der Waals surface area contributed by atoms with Crippen LogP contribution in [0.5, 0.6) is 11.5 Å². The van der Waals surface area contributed by atoms with Gasteiger partial charge in [0.1, 0.15) is 55.4 Å². The second kappa shape index (κ2) is 23.2. The van der Waals surface area contributed by atoms with Crippen LogP contribution in [0.2, 0.25) is 0 Å². The Morgan fingerprint density at radius 3 is 2.24 bits per heavy atom. The van der Waals surface area contributed by atoms with Gasteiger partial charge in [0.2, 0.25) is 30.0 Å². The van der Waals surface area contributed by atoms with Crippen molar-refractivity contribution in [1.29, 1.82) is 5.26 Å². The van der Waals surface area contributed by atoms with E-state index in [4.69, 9.17) is 20.9 Å². The van der Waals surface area contributed by atoms with Gasteiger partial charge in [0.15, 0.2) is 5.82 Å². The molecule has 19 heteroatoms. The van der Waals surface area contributed by atoms with Crippen LogP contribution < -0.4 is 47.5 Å². The van der Waals surface area contributed by atoms with Crippen LogP contribution in [-0.2, 0) is 35.8 Å². The normalized spacial score (nSPS) is 16.4. The second-order valence-electron chi connectivity index (χ2n) is 17.0. The van der Waals surface area contributed by atoms with E-state index in [1.165, 1.54) is 20.2 Å². The number of hydrogen-bond donors (Lipinski definition) is 7. The van der Waals surface area contributed by atoms with E-state index in [0.717, 1.165) is 16.0 Å². The summed E-state index contributed by atoms with van der Waals surface area (Å²) < 4.78 is 12.2. The van der Waals surface area contributed by atoms with E-state index in [1.807, 2.05) is 30.3 Å². The van der Waals surface area contributed by atoms with Crippen molar-refractivity contribution >= 4 is 35.9 Å². The van der Waals surface area contributed by atoms with Gasteiger partial charge in [-0.15, -0.1) is 0 Å². The van der Waals surface area contributed by atoms with Crippen molar-refractivity contribution in [2.24, 2.45) is 11.5 Å². The van der Waals surface area contributed by atoms with E-state index in [-0.39, 0.29) is 68.8 Å². The molecule has 0 radical (unpaired) electrons. The molecule has 354 valence electrons. The lowest BCUT2D eigenvalue weighted by Gasteiger charge is -2.32. The molecule has 3 aromatic carbocycles. The maximum Gasteiger partial charge on any atom is 0.255 e. The monoisotopic (exact) mass is 917 g/mol. The molecule has 19 nitrogen and oxygen atoms in total. The molecule has 6 amide bonds. The van der Waals surface area contributed by atoms with Crippen LogP contribution >= 0.6 is 0 Å². The van der Waals surface area contributed by atoms with Gasteiger partial charge in [0.25, 0.3) is 5.91 Å². The predicted octanol–water partition coefficient (Wildman–Crippen LogP) is 1.71. The lowest BCUT2D eigenvalue weighted by Crippen LogP contribution is -2.56. The summed E-state index contributed by atoms with van der Waals surface area (Å²) >= 11 is 0. The van der Waals surface area contributed by atoms with Crippen LogP contribution in [0.25, 0.3) is 22.5 Å². The van der Waals surface area contributed by atoms with Crippen LogP contribution in [0.3, 0.4) is 0 Å². The number of nitriles is 1. The molecule has 0 aliphatic carbocycles. The zero-order valence-electron chi connectivity index (χ0n) is 38.6. The number of ether oxygens (including phenoxy) is 2. The Kier molecular flexibility index (Phi) is 17.5. The van der Waals surface area contributed by atoms with Gasteiger partial charge in [0.05, 0.1) is 17.3 Å². The third kappa shape index (κ3) is 12.9. The molecule has 1 aliphatic rings. The summed E-state index contributed by atoms with van der Waals surface area (Å²) in [6.45, 7) is 9.68. The minimum absolute atomic E-state index is 0.0142. The molecule has 0 saturated carbocycles. The van der Waals surface area contributed by atoms with Gasteiger partial charge < -0.3 is 52.4 Å². The summed E-state index contributed by atoms with van der Waals surface area (Å²) in [6.07, 6.45) is 1.74. The molecule has 67 heavy (non-hydrogen) atoms. The van der Waals surface area contributed by atoms with Crippen molar-refractivity contribution in [3.63, 3.8) is 0 Å². The number of benzene rings is 3. The van der Waals surface area contributed by atoms with Crippen LogP contribution in [0.4, 0.5) is 0 Å². The number of nitrogens with two attached hydrogens (primary N) is 2. The summed E-state index contributed by atoms with van der Waals surface area (Å²) in [5.41, 5.74) is 15.7. The average Bonchev–Trinajstić information content (AvgIpc) is 3.30. The molecule has 1 aliphatic heterocycles. The summed E-state index contributed by atoms with van der Waals surface area (Å²) in [6, 6.07) is 14.6. The number of nitrogens with zero attached hydrogens (tertiary/aromatic N) is 4. The lowest BCUT2D eigenvalue weighted by atomic mass is 9.87.